The Hall–Kier alpha value is -4.68. The van der Waals surface area contributed by atoms with Gasteiger partial charge in [-0.15, -0.1) is 0 Å². The largest absolute Gasteiger partial charge is 0.381 e. The van der Waals surface area contributed by atoms with Gasteiger partial charge in [0.05, 0.1) is 17.3 Å². The molecule has 2 saturated heterocycles. The Labute approximate surface area is 317 Å². The van der Waals surface area contributed by atoms with E-state index in [1.807, 2.05) is 65.5 Å². The molecule has 0 radical (unpaired) electrons. The molecule has 284 valence electrons. The molecule has 1 atom stereocenters. The molecule has 0 unspecified atom stereocenters. The molecule has 0 aliphatic carbocycles. The molecular weight excluding hydrogens is 680 g/mol. The fourth-order valence-corrected chi connectivity index (χ4v) is 7.67. The number of pyridine rings is 1. The quantitative estimate of drug-likeness (QED) is 0.104. The van der Waals surface area contributed by atoms with Crippen LogP contribution in [0.4, 0.5) is 10.1 Å². The summed E-state index contributed by atoms with van der Waals surface area (Å²) in [5.74, 6) is -0.308. The van der Waals surface area contributed by atoms with Gasteiger partial charge in [-0.2, -0.15) is 5.10 Å². The lowest BCUT2D eigenvalue weighted by molar-refractivity contribution is 0.0904. The van der Waals surface area contributed by atoms with Crippen LogP contribution in [0.25, 0.3) is 22.2 Å². The number of amides is 1. The first-order chi connectivity index (χ1) is 26.4. The second-order valence-corrected chi connectivity index (χ2v) is 14.6. The summed E-state index contributed by atoms with van der Waals surface area (Å²) in [6.45, 7) is 13.6. The van der Waals surface area contributed by atoms with Crippen LogP contribution in [-0.2, 0) is 43.9 Å². The van der Waals surface area contributed by atoms with Gasteiger partial charge in [-0.05, 0) is 85.7 Å². The highest BCUT2D eigenvalue weighted by atomic mass is 19.1. The predicted molar refractivity (Wildman–Crippen MR) is 213 cm³/mol. The zero-order valence-electron chi connectivity index (χ0n) is 31.8. The number of ether oxygens (including phenoxy) is 1. The molecule has 7 rings (SSSR count). The van der Waals surface area contributed by atoms with Gasteiger partial charge in [-0.1, -0.05) is 43.3 Å². The number of hydrogen-bond donors (Lipinski definition) is 4. The Morgan fingerprint density at radius 2 is 1.78 bits per heavy atom. The van der Waals surface area contributed by atoms with Crippen molar-refractivity contribution in [2.75, 3.05) is 38.2 Å². The molecule has 0 spiro atoms. The summed E-state index contributed by atoms with van der Waals surface area (Å²) < 4.78 is 22.4. The second-order valence-electron chi connectivity index (χ2n) is 14.6. The Bertz CT molecular complexity index is 2060. The molecule has 3 aromatic carbocycles. The number of hydrogen-bond acceptors (Lipinski definition) is 8. The van der Waals surface area contributed by atoms with E-state index < -0.39 is 0 Å². The van der Waals surface area contributed by atoms with Gasteiger partial charge in [0.2, 0.25) is 0 Å². The van der Waals surface area contributed by atoms with Crippen LogP contribution in [0.15, 0.2) is 72.9 Å². The van der Waals surface area contributed by atoms with Crippen LogP contribution in [0, 0.1) is 5.82 Å². The maximum atomic E-state index is 14.8. The summed E-state index contributed by atoms with van der Waals surface area (Å²) in [6, 6.07) is 22.0. The van der Waals surface area contributed by atoms with Gasteiger partial charge in [0.15, 0.2) is 5.65 Å². The third-order valence-electron chi connectivity index (χ3n) is 10.6. The van der Waals surface area contributed by atoms with Crippen LogP contribution in [0.3, 0.4) is 0 Å². The zero-order valence-corrected chi connectivity index (χ0v) is 31.8. The van der Waals surface area contributed by atoms with Gasteiger partial charge in [-0.3, -0.25) is 9.69 Å². The molecule has 54 heavy (non-hydrogen) atoms. The van der Waals surface area contributed by atoms with Crippen molar-refractivity contribution >= 4 is 22.6 Å². The zero-order chi connectivity index (χ0) is 37.4. The topological polar surface area (TPSA) is 108 Å². The van der Waals surface area contributed by atoms with Gasteiger partial charge in [0.1, 0.15) is 5.82 Å². The van der Waals surface area contributed by atoms with E-state index in [0.29, 0.717) is 49.4 Å². The molecule has 5 aromatic rings. The van der Waals surface area contributed by atoms with Crippen LogP contribution in [0.2, 0.25) is 0 Å². The second kappa shape index (κ2) is 17.6. The summed E-state index contributed by atoms with van der Waals surface area (Å²) in [5, 5.41) is 19.7. The van der Waals surface area contributed by atoms with Crippen molar-refractivity contribution in [2.24, 2.45) is 0 Å². The first-order valence-electron chi connectivity index (χ1n) is 19.5. The van der Waals surface area contributed by atoms with Crippen LogP contribution in [0.5, 0.6) is 0 Å². The average molecular weight is 733 g/mol. The third-order valence-corrected chi connectivity index (χ3v) is 10.6. The minimum absolute atomic E-state index is 0.129. The van der Waals surface area contributed by atoms with Crippen LogP contribution in [-0.4, -0.2) is 70.5 Å². The lowest BCUT2D eigenvalue weighted by atomic mass is 10.00. The van der Waals surface area contributed by atoms with E-state index in [2.05, 4.69) is 58.1 Å². The van der Waals surface area contributed by atoms with E-state index >= 15 is 0 Å². The Balaban J connectivity index is 0.988. The SMILES string of the molecule is CCc1nc2c(cnn2CC)c(NC2CCOCC2)c1CNCc1cccc(C(=O)NCc2cccc(-c3ccc(F)c(CN4CCN[C@@H](C)C4)c3)c2)c1. The number of rotatable bonds is 14. The number of aryl methyl sites for hydroxylation is 2. The minimum atomic E-state index is -0.178. The highest BCUT2D eigenvalue weighted by molar-refractivity contribution is 5.94. The highest BCUT2D eigenvalue weighted by Crippen LogP contribution is 2.31. The molecule has 11 heteroatoms. The number of nitrogens with zero attached hydrogens (tertiary/aromatic N) is 4. The Morgan fingerprint density at radius 1 is 0.981 bits per heavy atom. The number of halogens is 1. The first kappa shape index (κ1) is 37.6. The number of piperazine rings is 1. The molecule has 0 saturated carbocycles. The van der Waals surface area contributed by atoms with Crippen LogP contribution < -0.4 is 21.3 Å². The molecule has 2 fully saturated rings. The van der Waals surface area contributed by atoms with E-state index in [0.717, 1.165) is 109 Å². The van der Waals surface area contributed by atoms with E-state index in [9.17, 15) is 9.18 Å². The third kappa shape index (κ3) is 8.98. The number of carbonyl (C=O) groups is 1. The van der Waals surface area contributed by atoms with E-state index in [1.54, 1.807) is 6.07 Å². The molecule has 4 N–H and O–H groups in total. The van der Waals surface area contributed by atoms with Crippen molar-refractivity contribution in [3.8, 4) is 11.1 Å². The average Bonchev–Trinajstić information content (AvgIpc) is 3.62. The molecule has 2 aliphatic heterocycles. The van der Waals surface area contributed by atoms with Crippen molar-refractivity contribution in [1.82, 2.24) is 35.6 Å². The lowest BCUT2D eigenvalue weighted by Gasteiger charge is -2.32. The number of anilines is 1. The van der Waals surface area contributed by atoms with Crippen molar-refractivity contribution < 1.29 is 13.9 Å². The smallest absolute Gasteiger partial charge is 0.251 e. The Morgan fingerprint density at radius 3 is 2.57 bits per heavy atom. The van der Waals surface area contributed by atoms with Crippen molar-refractivity contribution in [3.63, 3.8) is 0 Å². The number of benzene rings is 3. The van der Waals surface area contributed by atoms with Crippen LogP contribution in [0.1, 0.15) is 71.9 Å². The molecular formula is C43H53FN8O2. The van der Waals surface area contributed by atoms with Crippen LogP contribution >= 0.6 is 0 Å². The maximum Gasteiger partial charge on any atom is 0.251 e. The van der Waals surface area contributed by atoms with Crippen molar-refractivity contribution in [3.05, 3.63) is 112 Å². The normalized spacial score (nSPS) is 16.9. The van der Waals surface area contributed by atoms with Gasteiger partial charge in [0, 0.05) is 100 Å². The number of nitrogens with one attached hydrogen (secondary N) is 4. The van der Waals surface area contributed by atoms with Crippen molar-refractivity contribution in [2.45, 2.75) is 84.8 Å². The highest BCUT2D eigenvalue weighted by Gasteiger charge is 2.22. The number of carbonyl (C=O) groups excluding carboxylic acids is 1. The van der Waals surface area contributed by atoms with Gasteiger partial charge >= 0.3 is 0 Å². The summed E-state index contributed by atoms with van der Waals surface area (Å²) in [4.78, 5) is 20.7. The summed E-state index contributed by atoms with van der Waals surface area (Å²) in [6.07, 6.45) is 4.67. The lowest BCUT2D eigenvalue weighted by Crippen LogP contribution is -2.48. The summed E-state index contributed by atoms with van der Waals surface area (Å²) >= 11 is 0. The molecule has 10 nitrogen and oxygen atoms in total. The number of fused-ring (bicyclic) bond motifs is 1. The monoisotopic (exact) mass is 732 g/mol. The van der Waals surface area contributed by atoms with Gasteiger partial charge in [-0.25, -0.2) is 14.1 Å². The fourth-order valence-electron chi connectivity index (χ4n) is 7.67. The van der Waals surface area contributed by atoms with E-state index in [4.69, 9.17) is 9.72 Å². The van der Waals surface area contributed by atoms with E-state index in [1.165, 1.54) is 0 Å². The molecule has 1 amide bonds. The predicted octanol–water partition coefficient (Wildman–Crippen LogP) is 6.42. The first-order valence-corrected chi connectivity index (χ1v) is 19.5. The Kier molecular flexibility index (Phi) is 12.3. The minimum Gasteiger partial charge on any atom is -0.381 e. The number of aromatic nitrogens is 3. The van der Waals surface area contributed by atoms with Gasteiger partial charge in [0.25, 0.3) is 5.91 Å². The van der Waals surface area contributed by atoms with Crippen molar-refractivity contribution in [1.29, 1.82) is 0 Å². The summed E-state index contributed by atoms with van der Waals surface area (Å²) in [7, 11) is 0. The molecule has 2 aromatic heterocycles. The van der Waals surface area contributed by atoms with E-state index in [-0.39, 0.29) is 11.7 Å². The van der Waals surface area contributed by atoms with Gasteiger partial charge < -0.3 is 26.0 Å². The standard InChI is InChI=1S/C43H53FN8O2/c1-4-40-37(41(49-36-14-18-54-19-15-36)38-26-48-52(5-2)42(38)50-40)25-45-23-30-8-7-11-34(21-30)43(53)47-24-31-9-6-10-32(20-31)33-12-13-39(44)35(22-33)28-51-17-16-46-29(3)27-51/h6-13,20-22,26,29,36,45-46H,4-5,14-19,23-25,27-28H2,1-3H3,(H,47,53)(H,49,50)/t29-/m0/s1. The fraction of sp³-hybridized carbons (Fsp3) is 0.419. The molecule has 0 bridgehead atoms. The molecule has 2 aliphatic rings. The summed E-state index contributed by atoms with van der Waals surface area (Å²) in [5.41, 5.74) is 9.52. The maximum absolute atomic E-state index is 14.8. The molecule has 4 heterocycles.